The first-order chi connectivity index (χ1) is 15.5. The molecular weight excluding hydrogens is 406 g/mol. The van der Waals surface area contributed by atoms with Crippen molar-refractivity contribution in [3.8, 4) is 11.5 Å². The average molecular weight is 427 g/mol. The number of phenolic OH excluding ortho intramolecular Hbond substituents is 1. The molecule has 0 unspecified atom stereocenters. The van der Waals surface area contributed by atoms with Gasteiger partial charge in [-0.1, -0.05) is 36.4 Å². The van der Waals surface area contributed by atoms with Gasteiger partial charge in [-0.3, -0.25) is 14.6 Å². The molecule has 0 fully saturated rings. The molecule has 4 aromatic rings. The van der Waals surface area contributed by atoms with Gasteiger partial charge in [0.2, 0.25) is 0 Å². The fourth-order valence-corrected chi connectivity index (χ4v) is 3.19. The van der Waals surface area contributed by atoms with E-state index in [9.17, 15) is 14.7 Å². The van der Waals surface area contributed by atoms with E-state index in [0.717, 1.165) is 11.1 Å². The standard InChI is InChI=1S/C25H21N3O4/c1-16-9-18(11-20(29)10-16)12-22-24(30)28-23(25(31)27-22)13-19-7-8-21(14-26-19)32-15-17-5-3-2-4-6-17/h2-14,29H,15H2,1H3,(H,27,31)(H,28,30). The lowest BCUT2D eigenvalue weighted by atomic mass is 10.1. The third kappa shape index (κ3) is 5.20. The molecule has 0 saturated carbocycles. The second kappa shape index (κ2) is 9.18. The summed E-state index contributed by atoms with van der Waals surface area (Å²) in [6.45, 7) is 2.25. The summed E-state index contributed by atoms with van der Waals surface area (Å²) in [7, 11) is 0. The van der Waals surface area contributed by atoms with Crippen LogP contribution in [-0.2, 0) is 6.61 Å². The molecular formula is C25H21N3O4. The number of nitrogens with one attached hydrogen (secondary N) is 2. The minimum atomic E-state index is -0.459. The number of benzene rings is 2. The molecule has 7 nitrogen and oxygen atoms in total. The quantitative estimate of drug-likeness (QED) is 0.449. The van der Waals surface area contributed by atoms with Crippen LogP contribution in [0.2, 0.25) is 0 Å². The lowest BCUT2D eigenvalue weighted by molar-refractivity contribution is 0.305. The topological polar surface area (TPSA) is 108 Å². The molecule has 4 rings (SSSR count). The van der Waals surface area contributed by atoms with E-state index in [-0.39, 0.29) is 16.4 Å². The van der Waals surface area contributed by atoms with Crippen LogP contribution >= 0.6 is 0 Å². The molecule has 0 aliphatic carbocycles. The highest BCUT2D eigenvalue weighted by Gasteiger charge is 2.01. The highest BCUT2D eigenvalue weighted by molar-refractivity contribution is 5.52. The fraction of sp³-hybridized carbons (Fsp3) is 0.0800. The first-order valence-corrected chi connectivity index (χ1v) is 9.96. The minimum Gasteiger partial charge on any atom is -0.508 e. The Morgan fingerprint density at radius 1 is 0.938 bits per heavy atom. The van der Waals surface area contributed by atoms with Crippen molar-refractivity contribution in [1.82, 2.24) is 15.0 Å². The molecule has 160 valence electrons. The van der Waals surface area contributed by atoms with Crippen LogP contribution in [0.3, 0.4) is 0 Å². The predicted molar refractivity (Wildman–Crippen MR) is 122 cm³/mol. The lowest BCUT2D eigenvalue weighted by Crippen LogP contribution is -2.46. The third-order valence-corrected chi connectivity index (χ3v) is 4.68. The summed E-state index contributed by atoms with van der Waals surface area (Å²) in [5, 5.41) is 9.90. The van der Waals surface area contributed by atoms with E-state index in [1.54, 1.807) is 30.5 Å². The van der Waals surface area contributed by atoms with Crippen molar-refractivity contribution in [3.05, 3.63) is 121 Å². The summed E-state index contributed by atoms with van der Waals surface area (Å²) in [5.74, 6) is 0.682. The number of aryl methyl sites for hydroxylation is 1. The molecule has 0 aliphatic rings. The molecule has 3 N–H and O–H groups in total. The number of hydrogen-bond donors (Lipinski definition) is 3. The number of rotatable bonds is 5. The molecule has 0 saturated heterocycles. The zero-order valence-corrected chi connectivity index (χ0v) is 17.3. The van der Waals surface area contributed by atoms with Gasteiger partial charge >= 0.3 is 0 Å². The highest BCUT2D eigenvalue weighted by atomic mass is 16.5. The van der Waals surface area contributed by atoms with Crippen LogP contribution in [-0.4, -0.2) is 20.1 Å². The molecule has 32 heavy (non-hydrogen) atoms. The van der Waals surface area contributed by atoms with Crippen LogP contribution in [0.4, 0.5) is 0 Å². The first kappa shape index (κ1) is 20.9. The number of pyridine rings is 1. The van der Waals surface area contributed by atoms with Crippen LogP contribution < -0.4 is 26.6 Å². The van der Waals surface area contributed by atoms with Gasteiger partial charge in [-0.05, 0) is 60.0 Å². The zero-order valence-electron chi connectivity index (χ0n) is 17.3. The van der Waals surface area contributed by atoms with Crippen molar-refractivity contribution in [2.24, 2.45) is 0 Å². The minimum absolute atomic E-state index is 0.0854. The lowest BCUT2D eigenvalue weighted by Gasteiger charge is -2.05. The second-order valence-electron chi connectivity index (χ2n) is 7.32. The highest BCUT2D eigenvalue weighted by Crippen LogP contribution is 2.15. The van der Waals surface area contributed by atoms with Gasteiger partial charge in [-0.2, -0.15) is 0 Å². The fourth-order valence-electron chi connectivity index (χ4n) is 3.19. The number of nitrogens with zero attached hydrogens (tertiary/aromatic N) is 1. The van der Waals surface area contributed by atoms with Crippen molar-refractivity contribution < 1.29 is 9.84 Å². The van der Waals surface area contributed by atoms with E-state index in [4.69, 9.17) is 4.74 Å². The zero-order chi connectivity index (χ0) is 22.5. The number of H-pyrrole nitrogens is 2. The summed E-state index contributed by atoms with van der Waals surface area (Å²) in [4.78, 5) is 34.4. The van der Waals surface area contributed by atoms with Crippen molar-refractivity contribution in [2.75, 3.05) is 0 Å². The van der Waals surface area contributed by atoms with E-state index < -0.39 is 11.1 Å². The third-order valence-electron chi connectivity index (χ3n) is 4.68. The summed E-state index contributed by atoms with van der Waals surface area (Å²) < 4.78 is 5.71. The van der Waals surface area contributed by atoms with Crippen molar-refractivity contribution in [3.63, 3.8) is 0 Å². The van der Waals surface area contributed by atoms with Crippen molar-refractivity contribution in [2.45, 2.75) is 13.5 Å². The van der Waals surface area contributed by atoms with Crippen LogP contribution in [0.1, 0.15) is 22.4 Å². The summed E-state index contributed by atoms with van der Waals surface area (Å²) in [5.41, 5.74) is 2.07. The van der Waals surface area contributed by atoms with Gasteiger partial charge in [0.1, 0.15) is 28.8 Å². The number of aromatic hydroxyl groups is 1. The summed E-state index contributed by atoms with van der Waals surface area (Å²) in [6.07, 6.45) is 4.56. The van der Waals surface area contributed by atoms with Gasteiger partial charge in [-0.15, -0.1) is 0 Å². The van der Waals surface area contributed by atoms with Gasteiger partial charge < -0.3 is 19.8 Å². The van der Waals surface area contributed by atoms with Gasteiger partial charge in [0.15, 0.2) is 0 Å². The van der Waals surface area contributed by atoms with E-state index in [1.165, 1.54) is 18.2 Å². The Morgan fingerprint density at radius 2 is 1.66 bits per heavy atom. The van der Waals surface area contributed by atoms with Crippen LogP contribution in [0, 0.1) is 6.92 Å². The molecule has 7 heteroatoms. The number of hydrogen-bond acceptors (Lipinski definition) is 5. The Bertz CT molecular complexity index is 1450. The monoisotopic (exact) mass is 427 g/mol. The van der Waals surface area contributed by atoms with Gasteiger partial charge in [0, 0.05) is 0 Å². The Morgan fingerprint density at radius 3 is 2.31 bits per heavy atom. The number of ether oxygens (including phenoxy) is 1. The average Bonchev–Trinajstić information content (AvgIpc) is 2.77. The Balaban J connectivity index is 1.58. The van der Waals surface area contributed by atoms with Crippen LogP contribution in [0.25, 0.3) is 12.2 Å². The van der Waals surface area contributed by atoms with E-state index in [2.05, 4.69) is 15.0 Å². The van der Waals surface area contributed by atoms with E-state index in [1.807, 2.05) is 37.3 Å². The number of aromatic nitrogens is 3. The molecule has 2 heterocycles. The van der Waals surface area contributed by atoms with Crippen LogP contribution in [0.5, 0.6) is 11.5 Å². The normalized spacial score (nSPS) is 12.2. The Labute approximate surface area is 183 Å². The summed E-state index contributed by atoms with van der Waals surface area (Å²) >= 11 is 0. The molecule has 0 spiro atoms. The van der Waals surface area contributed by atoms with Crippen molar-refractivity contribution in [1.29, 1.82) is 0 Å². The van der Waals surface area contributed by atoms with E-state index in [0.29, 0.717) is 23.6 Å². The Kier molecular flexibility index (Phi) is 5.98. The second-order valence-corrected chi connectivity index (χ2v) is 7.32. The Hall–Kier alpha value is -4.39. The molecule has 0 atom stereocenters. The summed E-state index contributed by atoms with van der Waals surface area (Å²) in [6, 6.07) is 18.1. The predicted octanol–water partition coefficient (Wildman–Crippen LogP) is 1.71. The smallest absolute Gasteiger partial charge is 0.272 e. The van der Waals surface area contributed by atoms with Gasteiger partial charge in [0.05, 0.1) is 11.9 Å². The van der Waals surface area contributed by atoms with Crippen LogP contribution in [0.15, 0.2) is 76.4 Å². The maximum Gasteiger partial charge on any atom is 0.272 e. The molecule has 0 bridgehead atoms. The maximum atomic E-state index is 12.5. The molecule has 0 radical (unpaired) electrons. The van der Waals surface area contributed by atoms with Crippen molar-refractivity contribution >= 4 is 12.2 Å². The largest absolute Gasteiger partial charge is 0.508 e. The maximum absolute atomic E-state index is 12.5. The molecule has 0 aliphatic heterocycles. The molecule has 0 amide bonds. The first-order valence-electron chi connectivity index (χ1n) is 9.96. The van der Waals surface area contributed by atoms with Gasteiger partial charge in [0.25, 0.3) is 11.1 Å². The number of aromatic amines is 2. The van der Waals surface area contributed by atoms with Gasteiger partial charge in [-0.25, -0.2) is 0 Å². The number of phenols is 1. The molecule has 2 aromatic carbocycles. The van der Waals surface area contributed by atoms with E-state index >= 15 is 0 Å². The molecule has 2 aromatic heterocycles. The SMILES string of the molecule is Cc1cc(O)cc(C=c2[nH]c(=O)c(=Cc3ccc(OCc4ccccc4)cn3)[nH]c2=O)c1.